The molecule has 0 radical (unpaired) electrons. The van der Waals surface area contributed by atoms with E-state index < -0.39 is 0 Å². The zero-order chi connectivity index (χ0) is 13.2. The Labute approximate surface area is 121 Å². The number of fused-ring (bicyclic) bond motifs is 1. The molecule has 0 unspecified atom stereocenters. The van der Waals surface area contributed by atoms with Crippen LogP contribution in [0.3, 0.4) is 0 Å². The maximum Gasteiger partial charge on any atom is 0.274 e. The highest BCUT2D eigenvalue weighted by atomic mass is 35.5. The van der Waals surface area contributed by atoms with Crippen LogP contribution in [-0.2, 0) is 0 Å². The molecular weight excluding hydrogens is 282 g/mol. The van der Waals surface area contributed by atoms with Gasteiger partial charge in [-0.2, -0.15) is 0 Å². The highest BCUT2D eigenvalue weighted by Crippen LogP contribution is 2.39. The van der Waals surface area contributed by atoms with Crippen LogP contribution in [0.2, 0.25) is 5.02 Å². The Morgan fingerprint density at radius 2 is 2.21 bits per heavy atom. The van der Waals surface area contributed by atoms with Crippen molar-refractivity contribution in [3.63, 3.8) is 0 Å². The van der Waals surface area contributed by atoms with E-state index >= 15 is 0 Å². The van der Waals surface area contributed by atoms with Gasteiger partial charge in [0.2, 0.25) is 0 Å². The molecule has 3 rings (SSSR count). The van der Waals surface area contributed by atoms with Gasteiger partial charge in [0.15, 0.2) is 0 Å². The van der Waals surface area contributed by atoms with Crippen molar-refractivity contribution in [3.05, 3.63) is 17.2 Å². The summed E-state index contributed by atoms with van der Waals surface area (Å²) in [6.45, 7) is 3.33. The van der Waals surface area contributed by atoms with Crippen molar-refractivity contribution in [2.75, 3.05) is 13.2 Å². The van der Waals surface area contributed by atoms with E-state index in [0.29, 0.717) is 22.7 Å². The molecule has 0 saturated heterocycles. The smallest absolute Gasteiger partial charge is 0.274 e. The number of halogens is 1. The normalized spacial score (nSPS) is 15.5. The van der Waals surface area contributed by atoms with E-state index in [1.165, 1.54) is 30.6 Å². The van der Waals surface area contributed by atoms with Gasteiger partial charge >= 0.3 is 0 Å². The van der Waals surface area contributed by atoms with Crippen molar-refractivity contribution in [1.82, 2.24) is 4.98 Å². The molecule has 0 N–H and O–H groups in total. The van der Waals surface area contributed by atoms with Gasteiger partial charge in [0.05, 0.1) is 23.4 Å². The summed E-state index contributed by atoms with van der Waals surface area (Å²) in [5.74, 6) is 1.46. The fourth-order valence-corrected chi connectivity index (χ4v) is 3.32. The number of nitrogens with zero attached hydrogens (tertiary/aromatic N) is 1. The third kappa shape index (κ3) is 2.65. The quantitative estimate of drug-likeness (QED) is 0.812. The zero-order valence-electron chi connectivity index (χ0n) is 10.8. The zero-order valence-corrected chi connectivity index (χ0v) is 12.4. The maximum atomic E-state index is 6.39. The third-order valence-electron chi connectivity index (χ3n) is 3.41. The Balaban J connectivity index is 1.82. The Bertz CT molecular complexity index is 580. The van der Waals surface area contributed by atoms with Gasteiger partial charge in [-0.15, -0.1) is 0 Å². The molecule has 0 aliphatic heterocycles. The van der Waals surface area contributed by atoms with Gasteiger partial charge in [0.25, 0.3) is 5.19 Å². The molecule has 0 amide bonds. The van der Waals surface area contributed by atoms with E-state index in [2.05, 4.69) is 4.98 Å². The third-order valence-corrected chi connectivity index (χ3v) is 4.90. The standard InChI is InChI=1S/C14H16ClNO2S/c1-2-17-14-16-10-6-7-11(12(15)13(10)19-14)18-8-9-4-3-5-9/h6-7,9H,2-5,8H2,1H3. The molecule has 2 aromatic rings. The molecule has 1 aromatic heterocycles. The molecule has 0 bridgehead atoms. The second kappa shape index (κ2) is 5.55. The lowest BCUT2D eigenvalue weighted by Crippen LogP contribution is -2.19. The van der Waals surface area contributed by atoms with Gasteiger partial charge in [-0.1, -0.05) is 29.4 Å². The number of hydrogen-bond acceptors (Lipinski definition) is 4. The fourth-order valence-electron chi connectivity index (χ4n) is 2.09. The Kier molecular flexibility index (Phi) is 3.80. The first-order chi connectivity index (χ1) is 9.28. The van der Waals surface area contributed by atoms with Gasteiger partial charge in [0.1, 0.15) is 10.8 Å². The second-order valence-corrected chi connectivity index (χ2v) is 6.09. The van der Waals surface area contributed by atoms with E-state index in [9.17, 15) is 0 Å². The summed E-state index contributed by atoms with van der Waals surface area (Å²) in [7, 11) is 0. The van der Waals surface area contributed by atoms with Crippen LogP contribution in [0.1, 0.15) is 26.2 Å². The first kappa shape index (κ1) is 13.0. The minimum Gasteiger partial charge on any atom is -0.492 e. The van der Waals surface area contributed by atoms with Crippen molar-refractivity contribution >= 4 is 33.2 Å². The SMILES string of the molecule is CCOc1nc2ccc(OCC3CCC3)c(Cl)c2s1. The Morgan fingerprint density at radius 3 is 2.89 bits per heavy atom. The molecular formula is C14H16ClNO2S. The first-order valence-electron chi connectivity index (χ1n) is 6.62. The van der Waals surface area contributed by atoms with Crippen molar-refractivity contribution in [1.29, 1.82) is 0 Å². The monoisotopic (exact) mass is 297 g/mol. The van der Waals surface area contributed by atoms with Crippen LogP contribution in [0, 0.1) is 5.92 Å². The van der Waals surface area contributed by atoms with E-state index in [1.807, 2.05) is 19.1 Å². The number of benzene rings is 1. The van der Waals surface area contributed by atoms with Crippen LogP contribution in [0.5, 0.6) is 10.9 Å². The molecule has 0 atom stereocenters. The molecule has 1 aliphatic carbocycles. The van der Waals surface area contributed by atoms with E-state index in [4.69, 9.17) is 21.1 Å². The lowest BCUT2D eigenvalue weighted by atomic mass is 9.86. The maximum absolute atomic E-state index is 6.39. The van der Waals surface area contributed by atoms with Crippen LogP contribution < -0.4 is 9.47 Å². The molecule has 1 aliphatic rings. The average molecular weight is 298 g/mol. The van der Waals surface area contributed by atoms with Crippen molar-refractivity contribution < 1.29 is 9.47 Å². The number of aromatic nitrogens is 1. The summed E-state index contributed by atoms with van der Waals surface area (Å²) in [5.41, 5.74) is 0.870. The number of hydrogen-bond donors (Lipinski definition) is 0. The molecule has 1 heterocycles. The van der Waals surface area contributed by atoms with Crippen molar-refractivity contribution in [2.45, 2.75) is 26.2 Å². The topological polar surface area (TPSA) is 31.4 Å². The van der Waals surface area contributed by atoms with Gasteiger partial charge in [0, 0.05) is 0 Å². The van der Waals surface area contributed by atoms with Gasteiger partial charge in [-0.05, 0) is 37.8 Å². The molecule has 19 heavy (non-hydrogen) atoms. The predicted molar refractivity (Wildman–Crippen MR) is 78.6 cm³/mol. The van der Waals surface area contributed by atoms with E-state index in [-0.39, 0.29) is 0 Å². The van der Waals surface area contributed by atoms with Crippen molar-refractivity contribution in [2.24, 2.45) is 5.92 Å². The highest BCUT2D eigenvalue weighted by molar-refractivity contribution is 7.20. The lowest BCUT2D eigenvalue weighted by Gasteiger charge is -2.25. The highest BCUT2D eigenvalue weighted by Gasteiger charge is 2.19. The molecule has 1 fully saturated rings. The Morgan fingerprint density at radius 1 is 1.37 bits per heavy atom. The summed E-state index contributed by atoms with van der Waals surface area (Å²) < 4.78 is 12.2. The van der Waals surface area contributed by atoms with Crippen molar-refractivity contribution in [3.8, 4) is 10.9 Å². The first-order valence-corrected chi connectivity index (χ1v) is 7.82. The summed E-state index contributed by atoms with van der Waals surface area (Å²) >= 11 is 7.86. The lowest BCUT2D eigenvalue weighted by molar-refractivity contribution is 0.181. The molecule has 1 saturated carbocycles. The molecule has 1 aromatic carbocycles. The van der Waals surface area contributed by atoms with Gasteiger partial charge in [-0.3, -0.25) is 0 Å². The molecule has 0 spiro atoms. The second-order valence-electron chi connectivity index (χ2n) is 4.75. The van der Waals surface area contributed by atoms with Crippen LogP contribution in [0.4, 0.5) is 0 Å². The summed E-state index contributed by atoms with van der Waals surface area (Å²) in [5, 5.41) is 1.32. The largest absolute Gasteiger partial charge is 0.492 e. The van der Waals surface area contributed by atoms with E-state index in [0.717, 1.165) is 22.6 Å². The summed E-state index contributed by atoms with van der Waals surface area (Å²) in [6.07, 6.45) is 3.87. The number of rotatable bonds is 5. The minimum atomic E-state index is 0.614. The van der Waals surface area contributed by atoms with Crippen LogP contribution >= 0.6 is 22.9 Å². The van der Waals surface area contributed by atoms with Gasteiger partial charge in [-0.25, -0.2) is 4.98 Å². The van der Waals surface area contributed by atoms with Crippen LogP contribution in [0.25, 0.3) is 10.2 Å². The van der Waals surface area contributed by atoms with E-state index in [1.54, 1.807) is 0 Å². The minimum absolute atomic E-state index is 0.614. The summed E-state index contributed by atoms with van der Waals surface area (Å²) in [6, 6.07) is 3.84. The fraction of sp³-hybridized carbons (Fsp3) is 0.500. The van der Waals surface area contributed by atoms with Crippen LogP contribution in [0.15, 0.2) is 12.1 Å². The average Bonchev–Trinajstić information content (AvgIpc) is 2.74. The van der Waals surface area contributed by atoms with Crippen LogP contribution in [-0.4, -0.2) is 18.2 Å². The van der Waals surface area contributed by atoms with Gasteiger partial charge < -0.3 is 9.47 Å². The summed E-state index contributed by atoms with van der Waals surface area (Å²) in [4.78, 5) is 4.38. The molecule has 5 heteroatoms. The number of thiazole rings is 1. The molecule has 102 valence electrons. The Hall–Kier alpha value is -1.000. The molecule has 3 nitrogen and oxygen atoms in total. The predicted octanol–water partition coefficient (Wildman–Crippen LogP) is 4.53. The number of ether oxygens (including phenoxy) is 2.